The molecule has 1 aliphatic heterocycles. The molecule has 2 N–H and O–H groups in total. The molecule has 1 saturated heterocycles. The zero-order valence-electron chi connectivity index (χ0n) is 10.3. The number of rotatable bonds is 6. The number of nitrogens with one attached hydrogen (secondary N) is 2. The van der Waals surface area contributed by atoms with Gasteiger partial charge >= 0.3 is 0 Å². The second-order valence-corrected chi connectivity index (χ2v) is 4.52. The first-order chi connectivity index (χ1) is 7.64. The minimum absolute atomic E-state index is 0.134. The first-order valence-corrected chi connectivity index (χ1v) is 6.24. The molecule has 0 spiro atoms. The van der Waals surface area contributed by atoms with E-state index in [0.717, 1.165) is 38.5 Å². The minimum Gasteiger partial charge on any atom is -0.295 e. The standard InChI is InChI=1S/C12H22N2O2/c1-3-5-7-12(8-6-4-2)11(16)14-10(15)9-13-12/h13H,3-9H2,1-2H3,(H,14,15,16). The monoisotopic (exact) mass is 226 g/mol. The Morgan fingerprint density at radius 1 is 1.12 bits per heavy atom. The molecule has 1 fully saturated rings. The molecule has 1 heterocycles. The van der Waals surface area contributed by atoms with Gasteiger partial charge in [0.15, 0.2) is 0 Å². The van der Waals surface area contributed by atoms with Crippen LogP contribution < -0.4 is 10.6 Å². The van der Waals surface area contributed by atoms with E-state index in [-0.39, 0.29) is 18.4 Å². The molecule has 0 unspecified atom stereocenters. The Morgan fingerprint density at radius 2 is 1.69 bits per heavy atom. The van der Waals surface area contributed by atoms with Gasteiger partial charge in [0, 0.05) is 0 Å². The van der Waals surface area contributed by atoms with Gasteiger partial charge in [-0.15, -0.1) is 0 Å². The number of hydrogen-bond donors (Lipinski definition) is 2. The van der Waals surface area contributed by atoms with Gasteiger partial charge in [-0.2, -0.15) is 0 Å². The topological polar surface area (TPSA) is 58.2 Å². The van der Waals surface area contributed by atoms with Gasteiger partial charge in [-0.3, -0.25) is 20.2 Å². The van der Waals surface area contributed by atoms with Crippen molar-refractivity contribution in [1.29, 1.82) is 0 Å². The lowest BCUT2D eigenvalue weighted by Crippen LogP contribution is -2.65. The summed E-state index contributed by atoms with van der Waals surface area (Å²) in [6.45, 7) is 4.48. The predicted molar refractivity (Wildman–Crippen MR) is 62.9 cm³/mol. The summed E-state index contributed by atoms with van der Waals surface area (Å²) in [4.78, 5) is 23.1. The van der Waals surface area contributed by atoms with E-state index in [4.69, 9.17) is 0 Å². The molecule has 0 saturated carbocycles. The quantitative estimate of drug-likeness (QED) is 0.672. The molecule has 16 heavy (non-hydrogen) atoms. The molecule has 2 amide bonds. The molecule has 0 atom stereocenters. The van der Waals surface area contributed by atoms with Crippen LogP contribution in [0, 0.1) is 0 Å². The first kappa shape index (κ1) is 13.2. The fourth-order valence-electron chi connectivity index (χ4n) is 2.11. The van der Waals surface area contributed by atoms with Gasteiger partial charge in [0.25, 0.3) is 0 Å². The summed E-state index contributed by atoms with van der Waals surface area (Å²) in [5.74, 6) is -0.348. The molecule has 0 radical (unpaired) electrons. The lowest BCUT2D eigenvalue weighted by molar-refractivity contribution is -0.138. The number of carbonyl (C=O) groups excluding carboxylic acids is 2. The summed E-state index contributed by atoms with van der Waals surface area (Å²) in [5, 5.41) is 5.59. The number of carbonyl (C=O) groups is 2. The molecular weight excluding hydrogens is 204 g/mol. The van der Waals surface area contributed by atoms with Gasteiger partial charge in [0.1, 0.15) is 0 Å². The van der Waals surface area contributed by atoms with E-state index in [2.05, 4.69) is 24.5 Å². The van der Waals surface area contributed by atoms with E-state index < -0.39 is 5.54 Å². The van der Waals surface area contributed by atoms with E-state index in [1.54, 1.807) is 0 Å². The van der Waals surface area contributed by atoms with Crippen molar-refractivity contribution in [1.82, 2.24) is 10.6 Å². The highest BCUT2D eigenvalue weighted by molar-refractivity contribution is 6.03. The van der Waals surface area contributed by atoms with Crippen LogP contribution in [0.5, 0.6) is 0 Å². The van der Waals surface area contributed by atoms with Crippen molar-refractivity contribution in [2.45, 2.75) is 57.9 Å². The smallest absolute Gasteiger partial charge is 0.246 e. The van der Waals surface area contributed by atoms with Crippen LogP contribution in [0.4, 0.5) is 0 Å². The lowest BCUT2D eigenvalue weighted by Gasteiger charge is -2.36. The second kappa shape index (κ2) is 5.99. The zero-order chi connectivity index (χ0) is 12.0. The van der Waals surface area contributed by atoms with Crippen molar-refractivity contribution in [3.05, 3.63) is 0 Å². The Bertz CT molecular complexity index is 256. The number of piperazine rings is 1. The highest BCUT2D eigenvalue weighted by Gasteiger charge is 2.40. The van der Waals surface area contributed by atoms with Crippen molar-refractivity contribution in [3.8, 4) is 0 Å². The molecule has 0 aromatic carbocycles. The van der Waals surface area contributed by atoms with Crippen LogP contribution >= 0.6 is 0 Å². The van der Waals surface area contributed by atoms with E-state index >= 15 is 0 Å². The van der Waals surface area contributed by atoms with Gasteiger partial charge in [-0.05, 0) is 12.8 Å². The third-order valence-electron chi connectivity index (χ3n) is 3.19. The SMILES string of the molecule is CCCCC1(CCCC)NCC(=O)NC1=O. The minimum atomic E-state index is -0.500. The van der Waals surface area contributed by atoms with Crippen molar-refractivity contribution in [2.24, 2.45) is 0 Å². The maximum Gasteiger partial charge on any atom is 0.246 e. The van der Waals surface area contributed by atoms with Gasteiger partial charge < -0.3 is 0 Å². The Kier molecular flexibility index (Phi) is 4.93. The molecule has 92 valence electrons. The van der Waals surface area contributed by atoms with Crippen LogP contribution in [0.2, 0.25) is 0 Å². The molecule has 0 aromatic rings. The van der Waals surface area contributed by atoms with E-state index in [9.17, 15) is 9.59 Å². The third kappa shape index (κ3) is 3.04. The normalized spacial score (nSPS) is 19.6. The maximum atomic E-state index is 11.9. The highest BCUT2D eigenvalue weighted by Crippen LogP contribution is 2.23. The second-order valence-electron chi connectivity index (χ2n) is 4.52. The molecule has 0 aliphatic carbocycles. The van der Waals surface area contributed by atoms with Crippen LogP contribution in [0.1, 0.15) is 52.4 Å². The molecule has 1 aliphatic rings. The number of hydrogen-bond acceptors (Lipinski definition) is 3. The molecular formula is C12H22N2O2. The molecule has 0 aromatic heterocycles. The molecule has 4 nitrogen and oxygen atoms in total. The number of imide groups is 1. The zero-order valence-corrected chi connectivity index (χ0v) is 10.3. The van der Waals surface area contributed by atoms with Gasteiger partial charge in [0.2, 0.25) is 11.8 Å². The fraction of sp³-hybridized carbons (Fsp3) is 0.833. The summed E-state index contributed by atoms with van der Waals surface area (Å²) in [6, 6.07) is 0. The van der Waals surface area contributed by atoms with E-state index in [1.165, 1.54) is 0 Å². The van der Waals surface area contributed by atoms with Crippen LogP contribution in [0.25, 0.3) is 0 Å². The van der Waals surface area contributed by atoms with Crippen LogP contribution in [-0.2, 0) is 9.59 Å². The average Bonchev–Trinajstić information content (AvgIpc) is 2.27. The number of amides is 2. The fourth-order valence-corrected chi connectivity index (χ4v) is 2.11. The summed E-state index contributed by atoms with van der Waals surface area (Å²) in [5.41, 5.74) is -0.500. The van der Waals surface area contributed by atoms with Crippen LogP contribution in [0.15, 0.2) is 0 Å². The molecule has 4 heteroatoms. The molecule has 0 bridgehead atoms. The summed E-state index contributed by atoms with van der Waals surface area (Å²) < 4.78 is 0. The number of unbranched alkanes of at least 4 members (excludes halogenated alkanes) is 2. The first-order valence-electron chi connectivity index (χ1n) is 6.24. The largest absolute Gasteiger partial charge is 0.295 e. The van der Waals surface area contributed by atoms with Crippen molar-refractivity contribution >= 4 is 11.8 Å². The lowest BCUT2D eigenvalue weighted by atomic mass is 9.85. The third-order valence-corrected chi connectivity index (χ3v) is 3.19. The van der Waals surface area contributed by atoms with Crippen molar-refractivity contribution in [3.63, 3.8) is 0 Å². The summed E-state index contributed by atoms with van der Waals surface area (Å²) >= 11 is 0. The Morgan fingerprint density at radius 3 is 2.12 bits per heavy atom. The maximum absolute atomic E-state index is 11.9. The van der Waals surface area contributed by atoms with Gasteiger partial charge in [-0.25, -0.2) is 0 Å². The van der Waals surface area contributed by atoms with Crippen LogP contribution in [-0.4, -0.2) is 23.9 Å². The van der Waals surface area contributed by atoms with Crippen molar-refractivity contribution < 1.29 is 9.59 Å². The summed E-state index contributed by atoms with van der Waals surface area (Å²) in [7, 11) is 0. The van der Waals surface area contributed by atoms with Gasteiger partial charge in [-0.1, -0.05) is 39.5 Å². The van der Waals surface area contributed by atoms with E-state index in [0.29, 0.717) is 0 Å². The van der Waals surface area contributed by atoms with E-state index in [1.807, 2.05) is 0 Å². The Labute approximate surface area is 97.2 Å². The Balaban J connectivity index is 2.68. The average molecular weight is 226 g/mol. The van der Waals surface area contributed by atoms with Crippen molar-refractivity contribution in [2.75, 3.05) is 6.54 Å². The summed E-state index contributed by atoms with van der Waals surface area (Å²) in [6.07, 6.45) is 5.80. The van der Waals surface area contributed by atoms with Crippen LogP contribution in [0.3, 0.4) is 0 Å². The Hall–Kier alpha value is -0.900. The van der Waals surface area contributed by atoms with Gasteiger partial charge in [0.05, 0.1) is 12.1 Å². The molecule has 1 rings (SSSR count). The highest BCUT2D eigenvalue weighted by atomic mass is 16.2. The predicted octanol–water partition coefficient (Wildman–Crippen LogP) is 1.35.